The van der Waals surface area contributed by atoms with E-state index in [9.17, 15) is 4.79 Å². The molecule has 16 heavy (non-hydrogen) atoms. The Kier molecular flexibility index (Phi) is 4.69. The number of hydrogen-bond acceptors (Lipinski definition) is 4. The van der Waals surface area contributed by atoms with Gasteiger partial charge in [-0.1, -0.05) is 24.8 Å². The molecule has 0 aliphatic heterocycles. The second kappa shape index (κ2) is 6.05. The fraction of sp³-hybridized carbons (Fsp3) is 0.250. The average Bonchev–Trinajstić information content (AvgIpc) is 2.35. The van der Waals surface area contributed by atoms with Crippen LogP contribution >= 0.6 is 0 Å². The maximum absolute atomic E-state index is 11.5. The number of ether oxygens (including phenoxy) is 1. The Labute approximate surface area is 94.3 Å². The predicted octanol–water partition coefficient (Wildman–Crippen LogP) is 0.806. The molecule has 1 unspecified atom stereocenters. The summed E-state index contributed by atoms with van der Waals surface area (Å²) >= 11 is 0. The number of aliphatic hydroxyl groups excluding tert-OH is 1. The third kappa shape index (κ3) is 3.49. The maximum atomic E-state index is 11.5. The molecular weight excluding hydrogens is 206 g/mol. The van der Waals surface area contributed by atoms with Crippen LogP contribution in [0.25, 0.3) is 6.08 Å². The van der Waals surface area contributed by atoms with Gasteiger partial charge in [0.05, 0.1) is 5.56 Å². The largest absolute Gasteiger partial charge is 0.459 e. The van der Waals surface area contributed by atoms with E-state index in [2.05, 4.69) is 6.58 Å². The molecule has 0 spiro atoms. The molecule has 0 heterocycles. The fourth-order valence-corrected chi connectivity index (χ4v) is 1.08. The maximum Gasteiger partial charge on any atom is 0.338 e. The first kappa shape index (κ1) is 12.4. The van der Waals surface area contributed by atoms with Crippen molar-refractivity contribution in [2.75, 3.05) is 13.2 Å². The minimum atomic E-state index is -0.809. The van der Waals surface area contributed by atoms with Gasteiger partial charge < -0.3 is 15.6 Å². The average molecular weight is 221 g/mol. The number of carbonyl (C=O) groups excluding carboxylic acids is 1. The van der Waals surface area contributed by atoms with Crippen LogP contribution in [0.5, 0.6) is 0 Å². The lowest BCUT2D eigenvalue weighted by atomic mass is 10.1. The van der Waals surface area contributed by atoms with Crippen molar-refractivity contribution in [3.63, 3.8) is 0 Å². The zero-order valence-electron chi connectivity index (χ0n) is 8.93. The van der Waals surface area contributed by atoms with E-state index in [1.54, 1.807) is 30.3 Å². The number of hydrogen-bond donors (Lipinski definition) is 2. The predicted molar refractivity (Wildman–Crippen MR) is 61.9 cm³/mol. The van der Waals surface area contributed by atoms with Crippen LogP contribution in [0.2, 0.25) is 0 Å². The number of nitrogens with two attached hydrogens (primary N) is 1. The van der Waals surface area contributed by atoms with Gasteiger partial charge in [-0.2, -0.15) is 0 Å². The molecule has 0 saturated heterocycles. The molecule has 0 aliphatic rings. The Bertz CT molecular complexity index is 359. The van der Waals surface area contributed by atoms with Crippen LogP contribution in [0.4, 0.5) is 0 Å². The number of esters is 1. The van der Waals surface area contributed by atoms with Crippen LogP contribution in [0.15, 0.2) is 30.8 Å². The Morgan fingerprint density at radius 1 is 1.50 bits per heavy atom. The van der Waals surface area contributed by atoms with E-state index in [1.807, 2.05) is 0 Å². The molecule has 1 aromatic rings. The molecule has 3 N–H and O–H groups in total. The van der Waals surface area contributed by atoms with Crippen LogP contribution in [-0.4, -0.2) is 30.3 Å². The Morgan fingerprint density at radius 3 is 2.62 bits per heavy atom. The summed E-state index contributed by atoms with van der Waals surface area (Å²) in [5.41, 5.74) is 6.55. The van der Waals surface area contributed by atoms with E-state index < -0.39 is 12.1 Å². The van der Waals surface area contributed by atoms with Gasteiger partial charge in [-0.15, -0.1) is 0 Å². The number of benzene rings is 1. The van der Waals surface area contributed by atoms with Gasteiger partial charge in [0.2, 0.25) is 0 Å². The number of aliphatic hydroxyl groups is 1. The number of rotatable bonds is 5. The Morgan fingerprint density at radius 2 is 2.12 bits per heavy atom. The third-order valence-corrected chi connectivity index (χ3v) is 2.06. The zero-order valence-corrected chi connectivity index (χ0v) is 8.93. The summed E-state index contributed by atoms with van der Waals surface area (Å²) in [6.07, 6.45) is 0.879. The smallest absolute Gasteiger partial charge is 0.338 e. The van der Waals surface area contributed by atoms with Gasteiger partial charge in [0, 0.05) is 6.54 Å². The lowest BCUT2D eigenvalue weighted by molar-refractivity contribution is 0.0277. The van der Waals surface area contributed by atoms with Crippen molar-refractivity contribution in [1.29, 1.82) is 0 Å². The summed E-state index contributed by atoms with van der Waals surface area (Å²) in [6, 6.07) is 6.83. The van der Waals surface area contributed by atoms with Gasteiger partial charge in [0.15, 0.2) is 0 Å². The summed E-state index contributed by atoms with van der Waals surface area (Å²) in [7, 11) is 0. The summed E-state index contributed by atoms with van der Waals surface area (Å²) < 4.78 is 4.86. The first-order valence-corrected chi connectivity index (χ1v) is 4.95. The molecule has 0 amide bonds. The number of carbonyl (C=O) groups is 1. The first-order valence-electron chi connectivity index (χ1n) is 4.95. The second-order valence-electron chi connectivity index (χ2n) is 3.31. The highest BCUT2D eigenvalue weighted by atomic mass is 16.5. The van der Waals surface area contributed by atoms with Crippen molar-refractivity contribution in [2.24, 2.45) is 5.73 Å². The topological polar surface area (TPSA) is 72.5 Å². The van der Waals surface area contributed by atoms with Gasteiger partial charge in [0.25, 0.3) is 0 Å². The molecule has 4 nitrogen and oxygen atoms in total. The van der Waals surface area contributed by atoms with E-state index in [0.29, 0.717) is 5.56 Å². The minimum Gasteiger partial charge on any atom is -0.459 e. The van der Waals surface area contributed by atoms with Crippen LogP contribution in [0, 0.1) is 0 Å². The minimum absolute atomic E-state index is 0.0721. The van der Waals surface area contributed by atoms with E-state index in [4.69, 9.17) is 15.6 Å². The van der Waals surface area contributed by atoms with Gasteiger partial charge in [0.1, 0.15) is 12.7 Å². The van der Waals surface area contributed by atoms with Crippen molar-refractivity contribution in [1.82, 2.24) is 0 Å². The quantitative estimate of drug-likeness (QED) is 0.721. The third-order valence-electron chi connectivity index (χ3n) is 2.06. The fourth-order valence-electron chi connectivity index (χ4n) is 1.08. The summed E-state index contributed by atoms with van der Waals surface area (Å²) in [5.74, 6) is -0.469. The molecule has 4 heteroatoms. The summed E-state index contributed by atoms with van der Waals surface area (Å²) in [6.45, 7) is 3.60. The molecule has 0 aromatic heterocycles. The standard InChI is InChI=1S/C12H15NO3/c1-2-9-3-5-10(6-4-9)12(15)16-8-11(14)7-13/h2-6,11,14H,1,7-8,13H2. The van der Waals surface area contributed by atoms with E-state index in [0.717, 1.165) is 5.56 Å². The molecule has 0 aliphatic carbocycles. The normalized spacial score (nSPS) is 11.9. The highest BCUT2D eigenvalue weighted by molar-refractivity contribution is 5.89. The van der Waals surface area contributed by atoms with Crippen molar-refractivity contribution in [3.05, 3.63) is 42.0 Å². The molecule has 1 aromatic carbocycles. The van der Waals surface area contributed by atoms with E-state index in [1.165, 1.54) is 0 Å². The lowest BCUT2D eigenvalue weighted by Gasteiger charge is -2.08. The molecule has 1 rings (SSSR count). The van der Waals surface area contributed by atoms with Crippen molar-refractivity contribution < 1.29 is 14.6 Å². The Balaban J connectivity index is 2.56. The molecule has 1 atom stereocenters. The highest BCUT2D eigenvalue weighted by Gasteiger charge is 2.09. The SMILES string of the molecule is C=Cc1ccc(C(=O)OCC(O)CN)cc1. The van der Waals surface area contributed by atoms with Gasteiger partial charge >= 0.3 is 5.97 Å². The lowest BCUT2D eigenvalue weighted by Crippen LogP contribution is -2.26. The molecule has 0 bridgehead atoms. The molecule has 86 valence electrons. The van der Waals surface area contributed by atoms with Crippen LogP contribution in [0.3, 0.4) is 0 Å². The van der Waals surface area contributed by atoms with Gasteiger partial charge in [-0.25, -0.2) is 4.79 Å². The second-order valence-corrected chi connectivity index (χ2v) is 3.31. The van der Waals surface area contributed by atoms with Crippen molar-refractivity contribution in [3.8, 4) is 0 Å². The van der Waals surface area contributed by atoms with E-state index in [-0.39, 0.29) is 13.2 Å². The molecule has 0 fully saturated rings. The molecule has 0 radical (unpaired) electrons. The Hall–Kier alpha value is -1.65. The van der Waals surface area contributed by atoms with Crippen LogP contribution in [-0.2, 0) is 4.74 Å². The van der Waals surface area contributed by atoms with Gasteiger partial charge in [-0.3, -0.25) is 0 Å². The van der Waals surface area contributed by atoms with E-state index >= 15 is 0 Å². The van der Waals surface area contributed by atoms with Crippen molar-refractivity contribution >= 4 is 12.0 Å². The van der Waals surface area contributed by atoms with Crippen LogP contribution < -0.4 is 5.73 Å². The summed E-state index contributed by atoms with van der Waals surface area (Å²) in [5, 5.41) is 9.12. The van der Waals surface area contributed by atoms with Crippen molar-refractivity contribution in [2.45, 2.75) is 6.10 Å². The highest BCUT2D eigenvalue weighted by Crippen LogP contribution is 2.06. The first-order chi connectivity index (χ1) is 7.67. The molecular formula is C12H15NO3. The summed E-state index contributed by atoms with van der Waals surface area (Å²) in [4.78, 5) is 11.5. The molecule has 0 saturated carbocycles. The van der Waals surface area contributed by atoms with Crippen LogP contribution in [0.1, 0.15) is 15.9 Å². The monoisotopic (exact) mass is 221 g/mol. The zero-order chi connectivity index (χ0) is 12.0. The van der Waals surface area contributed by atoms with Gasteiger partial charge in [-0.05, 0) is 17.7 Å².